The molecule has 0 aromatic heterocycles. The van der Waals surface area contributed by atoms with Crippen LogP contribution in [0.2, 0.25) is 0 Å². The first-order valence-corrected chi connectivity index (χ1v) is 7.24. The van der Waals surface area contributed by atoms with Crippen molar-refractivity contribution in [1.82, 2.24) is 0 Å². The van der Waals surface area contributed by atoms with Crippen molar-refractivity contribution in [2.24, 2.45) is 23.7 Å². The summed E-state index contributed by atoms with van der Waals surface area (Å²) < 4.78 is 0. The maximum atomic E-state index is 11.4. The van der Waals surface area contributed by atoms with Gasteiger partial charge in [0.1, 0.15) is 0 Å². The van der Waals surface area contributed by atoms with Crippen LogP contribution < -0.4 is 10.2 Å². The van der Waals surface area contributed by atoms with Crippen LogP contribution in [0.15, 0.2) is 11.1 Å². The summed E-state index contributed by atoms with van der Waals surface area (Å²) in [7, 11) is 0. The third-order valence-electron chi connectivity index (χ3n) is 3.37. The Labute approximate surface area is 121 Å². The first-order chi connectivity index (χ1) is 9.07. The van der Waals surface area contributed by atoms with E-state index < -0.39 is 11.9 Å². The highest BCUT2D eigenvalue weighted by Crippen LogP contribution is 2.28. The van der Waals surface area contributed by atoms with Crippen LogP contribution in [0.1, 0.15) is 54.4 Å². The number of hydrogen-bond acceptors (Lipinski definition) is 4. The molecule has 0 aromatic carbocycles. The molecule has 4 heteroatoms. The monoisotopic (exact) mass is 282 g/mol. The molecule has 2 atom stereocenters. The summed E-state index contributed by atoms with van der Waals surface area (Å²) in [5.74, 6) is -2.95. The average molecular weight is 282 g/mol. The second kappa shape index (κ2) is 8.08. The van der Waals surface area contributed by atoms with E-state index in [2.05, 4.69) is 0 Å². The molecule has 0 N–H and O–H groups in total. The van der Waals surface area contributed by atoms with Gasteiger partial charge in [-0.1, -0.05) is 41.5 Å². The first kappa shape index (κ1) is 18.7. The summed E-state index contributed by atoms with van der Waals surface area (Å²) >= 11 is 0. The van der Waals surface area contributed by atoms with Crippen molar-refractivity contribution in [3.05, 3.63) is 11.1 Å². The number of carbonyl (C=O) groups excluding carboxylic acids is 2. The van der Waals surface area contributed by atoms with Crippen LogP contribution in [-0.4, -0.2) is 11.9 Å². The number of rotatable bonds is 8. The van der Waals surface area contributed by atoms with Gasteiger partial charge in [-0.3, -0.25) is 0 Å². The molecule has 0 saturated heterocycles. The van der Waals surface area contributed by atoms with Gasteiger partial charge in [-0.05, 0) is 47.7 Å². The van der Waals surface area contributed by atoms with E-state index in [4.69, 9.17) is 0 Å². The molecule has 0 fully saturated rings. The Balaban J connectivity index is 5.67. The highest BCUT2D eigenvalue weighted by Gasteiger charge is 2.22. The van der Waals surface area contributed by atoms with Crippen LogP contribution >= 0.6 is 0 Å². The zero-order chi connectivity index (χ0) is 16.0. The Morgan fingerprint density at radius 1 is 0.700 bits per heavy atom. The number of hydrogen-bond donors (Lipinski definition) is 0. The van der Waals surface area contributed by atoms with Gasteiger partial charge in [0.2, 0.25) is 0 Å². The highest BCUT2D eigenvalue weighted by atomic mass is 16.4. The van der Waals surface area contributed by atoms with E-state index in [1.165, 1.54) is 0 Å². The predicted molar refractivity (Wildman–Crippen MR) is 74.3 cm³/mol. The van der Waals surface area contributed by atoms with Gasteiger partial charge >= 0.3 is 0 Å². The summed E-state index contributed by atoms with van der Waals surface area (Å²) in [5, 5.41) is 22.8. The van der Waals surface area contributed by atoms with Crippen molar-refractivity contribution in [1.29, 1.82) is 0 Å². The molecular weight excluding hydrogens is 256 g/mol. The standard InChI is InChI=1S/C16H28O4/c1-9(2)7-11(5)13(15(17)18)14(16(19)20)12(6)8-10(3)4/h9-12H,7-8H2,1-6H3,(H,17,18)(H,19,20)/p-2/b14-13-. The Morgan fingerprint density at radius 2 is 0.950 bits per heavy atom. The second-order valence-corrected chi connectivity index (χ2v) is 6.46. The van der Waals surface area contributed by atoms with Crippen molar-refractivity contribution in [3.63, 3.8) is 0 Å². The molecule has 0 aliphatic rings. The Morgan fingerprint density at radius 3 is 1.10 bits per heavy atom. The van der Waals surface area contributed by atoms with Crippen molar-refractivity contribution in [2.75, 3.05) is 0 Å². The molecule has 0 aromatic rings. The van der Waals surface area contributed by atoms with Crippen LogP contribution in [-0.2, 0) is 9.59 Å². The zero-order valence-corrected chi connectivity index (χ0v) is 13.4. The second-order valence-electron chi connectivity index (χ2n) is 6.46. The Kier molecular flexibility index (Phi) is 7.54. The van der Waals surface area contributed by atoms with Gasteiger partial charge in [0.25, 0.3) is 0 Å². The lowest BCUT2D eigenvalue weighted by molar-refractivity contribution is -0.305. The molecule has 0 radical (unpaired) electrons. The molecule has 116 valence electrons. The molecule has 0 amide bonds. The fourth-order valence-electron chi connectivity index (χ4n) is 2.80. The minimum atomic E-state index is -1.40. The molecule has 0 heterocycles. The van der Waals surface area contributed by atoms with Gasteiger partial charge in [0.05, 0.1) is 11.9 Å². The maximum Gasteiger partial charge on any atom is 0.0681 e. The van der Waals surface area contributed by atoms with Gasteiger partial charge in [0, 0.05) is 0 Å². The summed E-state index contributed by atoms with van der Waals surface area (Å²) in [6, 6.07) is 0. The lowest BCUT2D eigenvalue weighted by Gasteiger charge is -2.28. The van der Waals surface area contributed by atoms with E-state index in [1.807, 2.05) is 27.7 Å². The molecule has 0 bridgehead atoms. The topological polar surface area (TPSA) is 80.3 Å². The van der Waals surface area contributed by atoms with Crippen LogP contribution in [0.4, 0.5) is 0 Å². The fourth-order valence-corrected chi connectivity index (χ4v) is 2.80. The SMILES string of the molecule is CC(C)CC(C)/C(C(=O)[O-])=C(/C(=O)[O-])C(C)CC(C)C. The third kappa shape index (κ3) is 5.76. The molecule has 4 nitrogen and oxygen atoms in total. The van der Waals surface area contributed by atoms with Crippen molar-refractivity contribution in [3.8, 4) is 0 Å². The average Bonchev–Trinajstić information content (AvgIpc) is 2.21. The minimum Gasteiger partial charge on any atom is -0.545 e. The number of carbonyl (C=O) groups is 2. The van der Waals surface area contributed by atoms with Crippen molar-refractivity contribution in [2.45, 2.75) is 54.4 Å². The van der Waals surface area contributed by atoms with Crippen LogP contribution in [0, 0.1) is 23.7 Å². The molecule has 20 heavy (non-hydrogen) atoms. The quantitative estimate of drug-likeness (QED) is 0.625. The van der Waals surface area contributed by atoms with E-state index in [-0.39, 0.29) is 34.8 Å². The van der Waals surface area contributed by atoms with E-state index in [1.54, 1.807) is 13.8 Å². The van der Waals surface area contributed by atoms with Crippen LogP contribution in [0.25, 0.3) is 0 Å². The molecule has 0 aliphatic carbocycles. The van der Waals surface area contributed by atoms with E-state index in [0.717, 1.165) is 0 Å². The summed E-state index contributed by atoms with van der Waals surface area (Å²) in [4.78, 5) is 22.8. The van der Waals surface area contributed by atoms with Gasteiger partial charge in [-0.15, -0.1) is 0 Å². The zero-order valence-electron chi connectivity index (χ0n) is 13.4. The van der Waals surface area contributed by atoms with Gasteiger partial charge in [0.15, 0.2) is 0 Å². The van der Waals surface area contributed by atoms with E-state index in [9.17, 15) is 19.8 Å². The Bertz CT molecular complexity index is 344. The lowest BCUT2D eigenvalue weighted by atomic mass is 9.82. The van der Waals surface area contributed by atoms with Crippen LogP contribution in [0.5, 0.6) is 0 Å². The molecule has 0 spiro atoms. The lowest BCUT2D eigenvalue weighted by Crippen LogP contribution is -2.36. The van der Waals surface area contributed by atoms with Gasteiger partial charge in [-0.2, -0.15) is 0 Å². The van der Waals surface area contributed by atoms with Gasteiger partial charge in [-0.25, -0.2) is 0 Å². The maximum absolute atomic E-state index is 11.4. The number of aliphatic carboxylic acids is 2. The number of carboxylic acid groups (broad SMARTS) is 2. The van der Waals surface area contributed by atoms with Gasteiger partial charge < -0.3 is 19.8 Å². The minimum absolute atomic E-state index is 0.105. The molecule has 0 saturated carbocycles. The van der Waals surface area contributed by atoms with Crippen LogP contribution in [0.3, 0.4) is 0 Å². The predicted octanol–water partition coefficient (Wildman–Crippen LogP) is 1.15. The number of carboxylic acids is 2. The first-order valence-electron chi connectivity index (χ1n) is 7.24. The molecule has 0 aliphatic heterocycles. The Hall–Kier alpha value is -1.32. The summed E-state index contributed by atoms with van der Waals surface area (Å²) in [6.07, 6.45) is 1.21. The molecule has 2 unspecified atom stereocenters. The van der Waals surface area contributed by atoms with Crippen molar-refractivity contribution >= 4 is 11.9 Å². The van der Waals surface area contributed by atoms with E-state index >= 15 is 0 Å². The van der Waals surface area contributed by atoms with Crippen molar-refractivity contribution < 1.29 is 19.8 Å². The molecular formula is C16H26O4-2. The normalized spacial score (nSPS) is 16.0. The highest BCUT2D eigenvalue weighted by molar-refractivity contribution is 5.97. The summed E-state index contributed by atoms with van der Waals surface area (Å²) in [6.45, 7) is 11.4. The summed E-state index contributed by atoms with van der Waals surface area (Å²) in [5.41, 5.74) is -0.210. The largest absolute Gasteiger partial charge is 0.545 e. The van der Waals surface area contributed by atoms with E-state index in [0.29, 0.717) is 12.8 Å². The third-order valence-corrected chi connectivity index (χ3v) is 3.37. The smallest absolute Gasteiger partial charge is 0.0681 e. The fraction of sp³-hybridized carbons (Fsp3) is 0.750. The molecule has 0 rings (SSSR count).